The molecule has 1 aromatic carbocycles. The zero-order chi connectivity index (χ0) is 17.4. The maximum atomic E-state index is 11.5. The van der Waals surface area contributed by atoms with Gasteiger partial charge in [0.25, 0.3) is 0 Å². The molecule has 0 radical (unpaired) electrons. The summed E-state index contributed by atoms with van der Waals surface area (Å²) in [5, 5.41) is 3.21. The largest absolute Gasteiger partial charge is 0.461 e. The van der Waals surface area contributed by atoms with Crippen molar-refractivity contribution < 1.29 is 13.9 Å². The molecule has 24 heavy (non-hydrogen) atoms. The SMILES string of the molecule is CCOC(=O)c1nc(-c2ccccc2)oc1N.N[C@H]1CCCNC1. The summed E-state index contributed by atoms with van der Waals surface area (Å²) in [6.07, 6.45) is 2.45. The lowest BCUT2D eigenvalue weighted by atomic mass is 10.1. The van der Waals surface area contributed by atoms with E-state index in [1.807, 2.05) is 30.3 Å². The topological polar surface area (TPSA) is 116 Å². The quantitative estimate of drug-likeness (QED) is 0.734. The van der Waals surface area contributed by atoms with E-state index >= 15 is 0 Å². The van der Waals surface area contributed by atoms with Gasteiger partial charge in [0.2, 0.25) is 17.5 Å². The van der Waals surface area contributed by atoms with E-state index in [-0.39, 0.29) is 18.2 Å². The first kappa shape index (κ1) is 18.0. The molecule has 2 aromatic rings. The number of esters is 1. The fraction of sp³-hybridized carbons (Fsp3) is 0.412. The second-order valence-electron chi connectivity index (χ2n) is 5.42. The molecule has 0 spiro atoms. The third-order valence-electron chi connectivity index (χ3n) is 3.48. The first-order valence-electron chi connectivity index (χ1n) is 8.07. The lowest BCUT2D eigenvalue weighted by Crippen LogP contribution is -2.39. The summed E-state index contributed by atoms with van der Waals surface area (Å²) >= 11 is 0. The van der Waals surface area contributed by atoms with Crippen LogP contribution in [0.5, 0.6) is 0 Å². The van der Waals surface area contributed by atoms with Crippen molar-refractivity contribution in [3.8, 4) is 11.5 Å². The number of nitrogen functional groups attached to an aromatic ring is 1. The summed E-state index contributed by atoms with van der Waals surface area (Å²) in [5.74, 6) is -0.288. The van der Waals surface area contributed by atoms with Crippen LogP contribution in [0.4, 0.5) is 5.88 Å². The Labute approximate surface area is 141 Å². The van der Waals surface area contributed by atoms with E-state index in [9.17, 15) is 4.79 Å². The Morgan fingerprint density at radius 1 is 1.42 bits per heavy atom. The third-order valence-corrected chi connectivity index (χ3v) is 3.48. The van der Waals surface area contributed by atoms with Gasteiger partial charge < -0.3 is 25.9 Å². The number of carbonyl (C=O) groups is 1. The predicted octanol–water partition coefficient (Wildman–Crippen LogP) is 1.80. The number of rotatable bonds is 3. The fourth-order valence-electron chi connectivity index (χ4n) is 2.26. The van der Waals surface area contributed by atoms with Gasteiger partial charge in [0.05, 0.1) is 6.61 Å². The number of nitrogens with zero attached hydrogens (tertiary/aromatic N) is 1. The summed E-state index contributed by atoms with van der Waals surface area (Å²) in [6.45, 7) is 4.16. The maximum absolute atomic E-state index is 11.5. The third kappa shape index (κ3) is 5.07. The van der Waals surface area contributed by atoms with Crippen molar-refractivity contribution in [3.63, 3.8) is 0 Å². The standard InChI is InChI=1S/C12H12N2O3.C5H12N2/c1-2-16-12(15)9-10(13)17-11(14-9)8-6-4-3-5-7-8;6-5-2-1-3-7-4-5/h3-7H,2,13H2,1H3;5,7H,1-4,6H2/t;5-/m.0/s1. The number of aromatic nitrogens is 1. The molecule has 1 saturated heterocycles. The number of nitrogens with one attached hydrogen (secondary N) is 1. The van der Waals surface area contributed by atoms with Crippen molar-refractivity contribution in [2.24, 2.45) is 5.73 Å². The number of nitrogens with two attached hydrogens (primary N) is 2. The van der Waals surface area contributed by atoms with E-state index in [2.05, 4.69) is 10.3 Å². The van der Waals surface area contributed by atoms with Crippen LogP contribution in [0.25, 0.3) is 11.5 Å². The van der Waals surface area contributed by atoms with E-state index in [0.29, 0.717) is 11.9 Å². The Balaban J connectivity index is 0.000000249. The van der Waals surface area contributed by atoms with Crippen molar-refractivity contribution in [2.45, 2.75) is 25.8 Å². The lowest BCUT2D eigenvalue weighted by molar-refractivity contribution is 0.0521. The minimum absolute atomic E-state index is 0.0192. The molecule has 1 aliphatic heterocycles. The van der Waals surface area contributed by atoms with Gasteiger partial charge in [0.15, 0.2) is 0 Å². The highest BCUT2D eigenvalue weighted by molar-refractivity contribution is 5.92. The first-order chi connectivity index (χ1) is 11.6. The molecule has 130 valence electrons. The number of anilines is 1. The number of carbonyl (C=O) groups excluding carboxylic acids is 1. The van der Waals surface area contributed by atoms with Crippen molar-refractivity contribution in [3.05, 3.63) is 36.0 Å². The highest BCUT2D eigenvalue weighted by Gasteiger charge is 2.19. The van der Waals surface area contributed by atoms with Crippen LogP contribution in [0.2, 0.25) is 0 Å². The number of ether oxygens (including phenoxy) is 1. The number of oxazole rings is 1. The minimum Gasteiger partial charge on any atom is -0.461 e. The summed E-state index contributed by atoms with van der Waals surface area (Å²) in [7, 11) is 0. The predicted molar refractivity (Wildman–Crippen MR) is 92.4 cm³/mol. The number of hydrogen-bond acceptors (Lipinski definition) is 7. The molecule has 1 atom stereocenters. The van der Waals surface area contributed by atoms with Gasteiger partial charge in [-0.15, -0.1) is 0 Å². The van der Waals surface area contributed by atoms with Crippen molar-refractivity contribution in [2.75, 3.05) is 25.4 Å². The minimum atomic E-state index is -0.573. The van der Waals surface area contributed by atoms with Gasteiger partial charge in [-0.05, 0) is 38.4 Å². The van der Waals surface area contributed by atoms with Gasteiger partial charge in [-0.1, -0.05) is 18.2 Å². The van der Waals surface area contributed by atoms with Crippen LogP contribution in [0.1, 0.15) is 30.3 Å². The molecular weight excluding hydrogens is 308 g/mol. The second kappa shape index (κ2) is 9.05. The van der Waals surface area contributed by atoms with Gasteiger partial charge in [0.1, 0.15) is 0 Å². The van der Waals surface area contributed by atoms with E-state index < -0.39 is 5.97 Å². The molecule has 7 nitrogen and oxygen atoms in total. The monoisotopic (exact) mass is 332 g/mol. The van der Waals surface area contributed by atoms with Crippen LogP contribution >= 0.6 is 0 Å². The Bertz CT molecular complexity index is 637. The molecule has 7 heteroatoms. The Hall–Kier alpha value is -2.38. The molecule has 1 aliphatic rings. The van der Waals surface area contributed by atoms with Crippen LogP contribution in [-0.2, 0) is 4.74 Å². The molecule has 1 fully saturated rings. The highest BCUT2D eigenvalue weighted by Crippen LogP contribution is 2.23. The molecular formula is C17H24N4O3. The molecule has 0 amide bonds. The van der Waals surface area contributed by atoms with Gasteiger partial charge in [-0.25, -0.2) is 4.79 Å². The van der Waals surface area contributed by atoms with Crippen LogP contribution in [0.3, 0.4) is 0 Å². The second-order valence-corrected chi connectivity index (χ2v) is 5.42. The van der Waals surface area contributed by atoms with E-state index in [4.69, 9.17) is 20.6 Å². The Morgan fingerprint density at radius 2 is 2.17 bits per heavy atom. The highest BCUT2D eigenvalue weighted by atomic mass is 16.5. The molecule has 0 unspecified atom stereocenters. The van der Waals surface area contributed by atoms with Gasteiger partial charge in [-0.2, -0.15) is 4.98 Å². The smallest absolute Gasteiger partial charge is 0.362 e. The molecule has 0 bridgehead atoms. The van der Waals surface area contributed by atoms with E-state index in [0.717, 1.165) is 18.7 Å². The number of piperidine rings is 1. The number of hydrogen-bond donors (Lipinski definition) is 3. The normalized spacial score (nSPS) is 16.8. The summed E-state index contributed by atoms with van der Waals surface area (Å²) in [6, 6.07) is 9.64. The molecule has 2 heterocycles. The number of benzene rings is 1. The van der Waals surface area contributed by atoms with E-state index in [1.54, 1.807) is 6.92 Å². The van der Waals surface area contributed by atoms with Crippen LogP contribution in [-0.4, -0.2) is 36.7 Å². The molecule has 3 rings (SSSR count). The summed E-state index contributed by atoms with van der Waals surface area (Å²) < 4.78 is 10.1. The molecule has 1 aromatic heterocycles. The van der Waals surface area contributed by atoms with E-state index in [1.165, 1.54) is 12.8 Å². The Kier molecular flexibility index (Phi) is 6.77. The maximum Gasteiger partial charge on any atom is 0.362 e. The molecule has 0 saturated carbocycles. The molecule has 0 aliphatic carbocycles. The first-order valence-corrected chi connectivity index (χ1v) is 8.07. The van der Waals surface area contributed by atoms with Crippen LogP contribution in [0, 0.1) is 0 Å². The summed E-state index contributed by atoms with van der Waals surface area (Å²) in [5.41, 5.74) is 11.9. The van der Waals surface area contributed by atoms with Crippen molar-refractivity contribution in [1.29, 1.82) is 0 Å². The van der Waals surface area contributed by atoms with Crippen molar-refractivity contribution in [1.82, 2.24) is 10.3 Å². The van der Waals surface area contributed by atoms with Gasteiger partial charge in [0, 0.05) is 18.2 Å². The fourth-order valence-corrected chi connectivity index (χ4v) is 2.26. The summed E-state index contributed by atoms with van der Waals surface area (Å²) in [4.78, 5) is 15.5. The average molecular weight is 332 g/mol. The zero-order valence-electron chi connectivity index (χ0n) is 13.8. The van der Waals surface area contributed by atoms with Crippen LogP contribution < -0.4 is 16.8 Å². The Morgan fingerprint density at radius 3 is 2.71 bits per heavy atom. The molecule has 5 N–H and O–H groups in total. The average Bonchev–Trinajstić information content (AvgIpc) is 2.99. The lowest BCUT2D eigenvalue weighted by Gasteiger charge is -2.17. The van der Waals surface area contributed by atoms with Gasteiger partial charge >= 0.3 is 5.97 Å². The van der Waals surface area contributed by atoms with Crippen LogP contribution in [0.15, 0.2) is 34.7 Å². The van der Waals surface area contributed by atoms with Gasteiger partial charge in [-0.3, -0.25) is 0 Å². The van der Waals surface area contributed by atoms with Crippen molar-refractivity contribution >= 4 is 11.9 Å². The zero-order valence-corrected chi connectivity index (χ0v) is 13.8.